The van der Waals surface area contributed by atoms with Crippen LogP contribution in [0.3, 0.4) is 0 Å². The molecule has 1 aromatic carbocycles. The molecule has 2 atom stereocenters. The molecule has 0 aromatic heterocycles. The highest BCUT2D eigenvalue weighted by molar-refractivity contribution is 9.10. The number of nitrogens with one attached hydrogen (secondary N) is 1. The van der Waals surface area contributed by atoms with Crippen LogP contribution in [0.15, 0.2) is 22.7 Å². The molecule has 0 radical (unpaired) electrons. The van der Waals surface area contributed by atoms with E-state index in [0.29, 0.717) is 12.0 Å². The highest BCUT2D eigenvalue weighted by Crippen LogP contribution is 2.24. The van der Waals surface area contributed by atoms with Crippen molar-refractivity contribution >= 4 is 15.9 Å². The Morgan fingerprint density at radius 2 is 2.24 bits per heavy atom. The molecular weight excluding hydrogens is 328 g/mol. The fourth-order valence-electron chi connectivity index (χ4n) is 2.94. The Bertz CT molecular complexity index is 452. The number of nitrogens with zero attached hydrogens (tertiary/aromatic N) is 1. The summed E-state index contributed by atoms with van der Waals surface area (Å²) in [4.78, 5) is 2.41. The zero-order valence-electron chi connectivity index (χ0n) is 13.4. The summed E-state index contributed by atoms with van der Waals surface area (Å²) in [7, 11) is 2.21. The number of halogens is 1. The van der Waals surface area contributed by atoms with E-state index in [2.05, 4.69) is 59.2 Å². The molecule has 0 aliphatic carbocycles. The second kappa shape index (κ2) is 8.16. The minimum absolute atomic E-state index is 0.596. The molecule has 1 heterocycles. The smallest absolute Gasteiger partial charge is 0.123 e. The van der Waals surface area contributed by atoms with Gasteiger partial charge in [-0.2, -0.15) is 0 Å². The van der Waals surface area contributed by atoms with Crippen molar-refractivity contribution in [3.63, 3.8) is 0 Å². The van der Waals surface area contributed by atoms with Gasteiger partial charge in [0.05, 0.1) is 6.61 Å². The summed E-state index contributed by atoms with van der Waals surface area (Å²) in [6.45, 7) is 8.48. The number of benzene rings is 1. The van der Waals surface area contributed by atoms with E-state index in [-0.39, 0.29) is 0 Å². The average Bonchev–Trinajstić information content (AvgIpc) is 2.45. The van der Waals surface area contributed by atoms with Gasteiger partial charge < -0.3 is 15.0 Å². The average molecular weight is 355 g/mol. The first kappa shape index (κ1) is 16.8. The number of piperidine rings is 1. The van der Waals surface area contributed by atoms with E-state index in [1.165, 1.54) is 25.1 Å². The Labute approximate surface area is 137 Å². The van der Waals surface area contributed by atoms with Gasteiger partial charge in [-0.05, 0) is 50.6 Å². The lowest BCUT2D eigenvalue weighted by Gasteiger charge is -2.35. The Kier molecular flexibility index (Phi) is 6.52. The molecule has 0 saturated carbocycles. The predicted octanol–water partition coefficient (Wildman–Crippen LogP) is 3.67. The van der Waals surface area contributed by atoms with Gasteiger partial charge in [-0.15, -0.1) is 0 Å². The second-order valence-corrected chi connectivity index (χ2v) is 7.03. The van der Waals surface area contributed by atoms with Gasteiger partial charge in [-0.1, -0.05) is 29.8 Å². The number of likely N-dealkylation sites (tertiary alicyclic amines) is 1. The van der Waals surface area contributed by atoms with Crippen molar-refractivity contribution in [2.75, 3.05) is 26.7 Å². The van der Waals surface area contributed by atoms with Crippen LogP contribution < -0.4 is 10.1 Å². The van der Waals surface area contributed by atoms with Crippen LogP contribution in [0.5, 0.6) is 5.75 Å². The van der Waals surface area contributed by atoms with E-state index in [1.807, 2.05) is 6.07 Å². The highest BCUT2D eigenvalue weighted by atomic mass is 79.9. The molecule has 1 aromatic rings. The predicted molar refractivity (Wildman–Crippen MR) is 91.8 cm³/mol. The Morgan fingerprint density at radius 3 is 2.95 bits per heavy atom. The summed E-state index contributed by atoms with van der Waals surface area (Å²) < 4.78 is 6.97. The van der Waals surface area contributed by atoms with E-state index in [4.69, 9.17) is 4.74 Å². The Hall–Kier alpha value is -0.580. The van der Waals surface area contributed by atoms with E-state index in [9.17, 15) is 0 Å². The van der Waals surface area contributed by atoms with Gasteiger partial charge >= 0.3 is 0 Å². The van der Waals surface area contributed by atoms with Gasteiger partial charge in [0.25, 0.3) is 0 Å². The normalized spacial score (nSPS) is 23.2. The molecule has 1 fully saturated rings. The third kappa shape index (κ3) is 4.97. The highest BCUT2D eigenvalue weighted by Gasteiger charge is 2.23. The third-order valence-corrected chi connectivity index (χ3v) is 4.64. The maximum atomic E-state index is 5.86. The molecule has 3 nitrogen and oxygen atoms in total. The maximum Gasteiger partial charge on any atom is 0.123 e. The summed E-state index contributed by atoms with van der Waals surface area (Å²) in [5.41, 5.74) is 1.24. The number of rotatable bonds is 6. The summed E-state index contributed by atoms with van der Waals surface area (Å²) in [5.74, 6) is 1.70. The van der Waals surface area contributed by atoms with Crippen LogP contribution >= 0.6 is 15.9 Å². The minimum Gasteiger partial charge on any atom is -0.493 e. The summed E-state index contributed by atoms with van der Waals surface area (Å²) >= 11 is 3.56. The van der Waals surface area contributed by atoms with Gasteiger partial charge in [0.2, 0.25) is 0 Å². The fourth-order valence-corrected chi connectivity index (χ4v) is 3.35. The van der Waals surface area contributed by atoms with Crippen LogP contribution in [0.25, 0.3) is 0 Å². The van der Waals surface area contributed by atoms with E-state index in [1.54, 1.807) is 0 Å². The summed E-state index contributed by atoms with van der Waals surface area (Å²) in [6.07, 6.45) is 2.26. The van der Waals surface area contributed by atoms with Crippen molar-refractivity contribution in [1.29, 1.82) is 0 Å². The first-order valence-corrected chi connectivity index (χ1v) is 8.72. The lowest BCUT2D eigenvalue weighted by molar-refractivity contribution is 0.174. The summed E-state index contributed by atoms with van der Waals surface area (Å²) in [6, 6.07) is 6.87. The van der Waals surface area contributed by atoms with Gasteiger partial charge in [0, 0.05) is 29.2 Å². The van der Waals surface area contributed by atoms with Gasteiger partial charge in [0.1, 0.15) is 5.75 Å². The van der Waals surface area contributed by atoms with Gasteiger partial charge in [0.15, 0.2) is 0 Å². The molecule has 0 bridgehead atoms. The van der Waals surface area contributed by atoms with Gasteiger partial charge in [-0.3, -0.25) is 0 Å². The quantitative estimate of drug-likeness (QED) is 0.843. The van der Waals surface area contributed by atoms with Crippen LogP contribution in [-0.4, -0.2) is 37.7 Å². The lowest BCUT2D eigenvalue weighted by Crippen LogP contribution is -2.46. The molecule has 2 rings (SSSR count). The van der Waals surface area contributed by atoms with E-state index in [0.717, 1.165) is 29.8 Å². The fraction of sp³-hybridized carbons (Fsp3) is 0.647. The number of ether oxygens (including phenoxy) is 1. The van der Waals surface area contributed by atoms with Crippen LogP contribution in [0.2, 0.25) is 0 Å². The topological polar surface area (TPSA) is 24.5 Å². The summed E-state index contributed by atoms with van der Waals surface area (Å²) in [5, 5.41) is 3.72. The Morgan fingerprint density at radius 1 is 1.43 bits per heavy atom. The zero-order chi connectivity index (χ0) is 15.2. The monoisotopic (exact) mass is 354 g/mol. The van der Waals surface area contributed by atoms with Crippen LogP contribution in [0.1, 0.15) is 32.3 Å². The molecule has 1 aliphatic heterocycles. The number of hydrogen-bond acceptors (Lipinski definition) is 3. The molecule has 1 saturated heterocycles. The molecule has 0 spiro atoms. The van der Waals surface area contributed by atoms with Gasteiger partial charge in [-0.25, -0.2) is 0 Å². The first-order chi connectivity index (χ1) is 10.1. The van der Waals surface area contributed by atoms with Crippen molar-refractivity contribution in [3.05, 3.63) is 28.2 Å². The molecule has 0 amide bonds. The molecule has 1 N–H and O–H groups in total. The SMILES string of the molecule is CCCOc1ccc(Br)cc1CNC1CCN(C)CC1C. The van der Waals surface area contributed by atoms with Crippen molar-refractivity contribution in [2.24, 2.45) is 5.92 Å². The van der Waals surface area contributed by atoms with E-state index >= 15 is 0 Å². The van der Waals surface area contributed by atoms with E-state index < -0.39 is 0 Å². The largest absolute Gasteiger partial charge is 0.493 e. The standard InChI is InChI=1S/C17H27BrN2O/c1-4-9-21-17-6-5-15(18)10-14(17)11-19-16-7-8-20(3)12-13(16)2/h5-6,10,13,16,19H,4,7-9,11-12H2,1-3H3. The minimum atomic E-state index is 0.596. The van der Waals surface area contributed by atoms with Crippen molar-refractivity contribution in [1.82, 2.24) is 10.2 Å². The van der Waals surface area contributed by atoms with Crippen LogP contribution in [-0.2, 0) is 6.54 Å². The zero-order valence-corrected chi connectivity index (χ0v) is 14.9. The molecule has 21 heavy (non-hydrogen) atoms. The second-order valence-electron chi connectivity index (χ2n) is 6.12. The van der Waals surface area contributed by atoms with Crippen molar-refractivity contribution in [2.45, 2.75) is 39.3 Å². The Balaban J connectivity index is 1.96. The first-order valence-electron chi connectivity index (χ1n) is 7.93. The molecule has 118 valence electrons. The molecule has 4 heteroatoms. The maximum absolute atomic E-state index is 5.86. The lowest BCUT2D eigenvalue weighted by atomic mass is 9.94. The van der Waals surface area contributed by atoms with Crippen molar-refractivity contribution < 1.29 is 4.74 Å². The third-order valence-electron chi connectivity index (χ3n) is 4.15. The molecule has 1 aliphatic rings. The van der Waals surface area contributed by atoms with Crippen LogP contribution in [0.4, 0.5) is 0 Å². The molecule has 2 unspecified atom stereocenters. The number of hydrogen-bond donors (Lipinski definition) is 1. The van der Waals surface area contributed by atoms with Crippen molar-refractivity contribution in [3.8, 4) is 5.75 Å². The molecular formula is C17H27BrN2O. The van der Waals surface area contributed by atoms with Crippen LogP contribution in [0, 0.1) is 5.92 Å².